The topological polar surface area (TPSA) is 97.1 Å². The fourth-order valence-electron chi connectivity index (χ4n) is 1.65. The first-order chi connectivity index (χ1) is 9.42. The van der Waals surface area contributed by atoms with E-state index < -0.39 is 10.0 Å². The molecule has 0 fully saturated rings. The third-order valence-electron chi connectivity index (χ3n) is 2.73. The number of aromatic nitrogens is 1. The van der Waals surface area contributed by atoms with E-state index in [1.807, 2.05) is 12.3 Å². The third-order valence-corrected chi connectivity index (χ3v) is 4.96. The first-order valence-electron chi connectivity index (χ1n) is 5.90. The van der Waals surface area contributed by atoms with Gasteiger partial charge in [-0.1, -0.05) is 0 Å². The van der Waals surface area contributed by atoms with Crippen LogP contribution in [0.2, 0.25) is 0 Å². The Morgan fingerprint density at radius 2 is 2.15 bits per heavy atom. The van der Waals surface area contributed by atoms with Gasteiger partial charge in [0.1, 0.15) is 0 Å². The van der Waals surface area contributed by atoms with Crippen LogP contribution in [0.5, 0.6) is 0 Å². The van der Waals surface area contributed by atoms with Crippen molar-refractivity contribution in [2.45, 2.75) is 18.4 Å². The summed E-state index contributed by atoms with van der Waals surface area (Å²) in [4.78, 5) is 4.50. The van der Waals surface area contributed by atoms with E-state index in [9.17, 15) is 8.42 Å². The lowest BCUT2D eigenvalue weighted by Crippen LogP contribution is -2.18. The molecule has 1 aromatic carbocycles. The molecule has 0 amide bonds. The van der Waals surface area contributed by atoms with Gasteiger partial charge in [0.15, 0.2) is 0 Å². The number of anilines is 2. The maximum atomic E-state index is 11.8. The molecule has 2 rings (SSSR count). The van der Waals surface area contributed by atoms with Crippen molar-refractivity contribution in [2.75, 3.05) is 18.1 Å². The van der Waals surface area contributed by atoms with Crippen molar-refractivity contribution in [3.8, 4) is 0 Å². The summed E-state index contributed by atoms with van der Waals surface area (Å²) in [6.07, 6.45) is 0. The summed E-state index contributed by atoms with van der Waals surface area (Å²) in [6, 6.07) is 4.55. The van der Waals surface area contributed by atoms with Crippen LogP contribution in [0.1, 0.15) is 10.7 Å². The molecule has 108 valence electrons. The maximum Gasteiger partial charge on any atom is 0.240 e. The second-order valence-electron chi connectivity index (χ2n) is 4.17. The minimum absolute atomic E-state index is 0.172. The quantitative estimate of drug-likeness (QED) is 0.728. The molecule has 1 heterocycles. The van der Waals surface area contributed by atoms with Crippen LogP contribution in [0.15, 0.2) is 28.5 Å². The molecule has 0 aliphatic rings. The fourth-order valence-corrected chi connectivity index (χ4v) is 3.02. The molecule has 0 unspecified atom stereocenters. The van der Waals surface area contributed by atoms with Crippen LogP contribution in [-0.4, -0.2) is 20.4 Å². The summed E-state index contributed by atoms with van der Waals surface area (Å²) in [5.41, 5.74) is 7.81. The number of nitrogens with two attached hydrogens (primary N) is 1. The molecule has 0 radical (unpaired) electrons. The van der Waals surface area contributed by atoms with Crippen LogP contribution in [0.25, 0.3) is 0 Å². The average molecular weight is 312 g/mol. The molecule has 4 N–H and O–H groups in total. The maximum absolute atomic E-state index is 11.8. The van der Waals surface area contributed by atoms with Gasteiger partial charge in [-0.25, -0.2) is 18.1 Å². The zero-order valence-corrected chi connectivity index (χ0v) is 12.8. The predicted molar refractivity (Wildman–Crippen MR) is 81.3 cm³/mol. The van der Waals surface area contributed by atoms with Crippen LogP contribution < -0.4 is 15.8 Å². The highest BCUT2D eigenvalue weighted by atomic mass is 32.2. The number of nitrogens with zero attached hydrogens (tertiary/aromatic N) is 1. The molecule has 0 atom stereocenters. The molecule has 20 heavy (non-hydrogen) atoms. The molecule has 6 nitrogen and oxygen atoms in total. The largest absolute Gasteiger partial charge is 0.397 e. The van der Waals surface area contributed by atoms with E-state index in [0.29, 0.717) is 17.9 Å². The number of benzene rings is 1. The van der Waals surface area contributed by atoms with Gasteiger partial charge < -0.3 is 11.1 Å². The summed E-state index contributed by atoms with van der Waals surface area (Å²) >= 11 is 1.57. The highest BCUT2D eigenvalue weighted by Gasteiger charge is 2.13. The number of rotatable bonds is 5. The van der Waals surface area contributed by atoms with Crippen LogP contribution in [0.4, 0.5) is 11.4 Å². The second kappa shape index (κ2) is 5.78. The Kier molecular flexibility index (Phi) is 4.26. The van der Waals surface area contributed by atoms with E-state index in [1.165, 1.54) is 19.2 Å². The van der Waals surface area contributed by atoms with E-state index in [4.69, 9.17) is 5.73 Å². The average Bonchev–Trinajstić information content (AvgIpc) is 2.83. The number of hydrogen-bond acceptors (Lipinski definition) is 6. The lowest BCUT2D eigenvalue weighted by atomic mass is 10.2. The van der Waals surface area contributed by atoms with Gasteiger partial charge in [0.2, 0.25) is 10.0 Å². The van der Waals surface area contributed by atoms with E-state index in [2.05, 4.69) is 15.0 Å². The standard InChI is InChI=1S/C12H16N4O2S2/c1-8-16-9(7-19-8)6-15-12-5-10(3-4-11(12)13)20(17,18)14-2/h3-5,7,14-15H,6,13H2,1-2H3. The Bertz CT molecular complexity index is 710. The normalized spacial score (nSPS) is 11.5. The summed E-state index contributed by atoms with van der Waals surface area (Å²) < 4.78 is 25.8. The number of aryl methyl sites for hydroxylation is 1. The van der Waals surface area contributed by atoms with Crippen LogP contribution in [0.3, 0.4) is 0 Å². The second-order valence-corrected chi connectivity index (χ2v) is 7.12. The van der Waals surface area contributed by atoms with Crippen molar-refractivity contribution >= 4 is 32.7 Å². The predicted octanol–water partition coefficient (Wildman–Crippen LogP) is 1.55. The lowest BCUT2D eigenvalue weighted by Gasteiger charge is -2.10. The minimum Gasteiger partial charge on any atom is -0.397 e. The van der Waals surface area contributed by atoms with E-state index in [0.717, 1.165) is 10.7 Å². The molecule has 8 heteroatoms. The molecule has 0 spiro atoms. The number of thiazole rings is 1. The number of nitrogen functional groups attached to an aromatic ring is 1. The zero-order valence-electron chi connectivity index (χ0n) is 11.2. The Balaban J connectivity index is 2.21. The van der Waals surface area contributed by atoms with Gasteiger partial charge in [-0.05, 0) is 32.2 Å². The van der Waals surface area contributed by atoms with E-state index in [-0.39, 0.29) is 4.90 Å². The minimum atomic E-state index is -3.48. The molecule has 2 aromatic rings. The Hall–Kier alpha value is -1.64. The zero-order chi connectivity index (χ0) is 14.8. The van der Waals surface area contributed by atoms with Crippen LogP contribution >= 0.6 is 11.3 Å². The van der Waals surface area contributed by atoms with Crippen molar-refractivity contribution in [1.82, 2.24) is 9.71 Å². The fraction of sp³-hybridized carbons (Fsp3) is 0.250. The Morgan fingerprint density at radius 3 is 2.75 bits per heavy atom. The van der Waals surface area contributed by atoms with Crippen molar-refractivity contribution in [3.63, 3.8) is 0 Å². The monoisotopic (exact) mass is 312 g/mol. The number of hydrogen-bond donors (Lipinski definition) is 3. The molecular weight excluding hydrogens is 296 g/mol. The van der Waals surface area contributed by atoms with E-state index in [1.54, 1.807) is 17.4 Å². The highest BCUT2D eigenvalue weighted by Crippen LogP contribution is 2.23. The Morgan fingerprint density at radius 1 is 1.40 bits per heavy atom. The number of sulfonamides is 1. The molecular formula is C12H16N4O2S2. The van der Waals surface area contributed by atoms with Crippen molar-refractivity contribution in [1.29, 1.82) is 0 Å². The lowest BCUT2D eigenvalue weighted by molar-refractivity contribution is 0.588. The molecule has 1 aromatic heterocycles. The summed E-state index contributed by atoms with van der Waals surface area (Å²) in [7, 11) is -2.10. The van der Waals surface area contributed by atoms with E-state index >= 15 is 0 Å². The molecule has 0 saturated heterocycles. The van der Waals surface area contributed by atoms with Gasteiger partial charge in [-0.15, -0.1) is 11.3 Å². The molecule has 0 saturated carbocycles. The summed E-state index contributed by atoms with van der Waals surface area (Å²) in [5, 5.41) is 6.04. The van der Waals surface area contributed by atoms with Gasteiger partial charge in [0.05, 0.1) is 33.5 Å². The van der Waals surface area contributed by atoms with Gasteiger partial charge in [-0.3, -0.25) is 0 Å². The first-order valence-corrected chi connectivity index (χ1v) is 8.26. The van der Waals surface area contributed by atoms with Gasteiger partial charge in [-0.2, -0.15) is 0 Å². The SMILES string of the molecule is CNS(=O)(=O)c1ccc(N)c(NCc2csc(C)n2)c1. The van der Waals surface area contributed by atoms with Crippen LogP contribution in [-0.2, 0) is 16.6 Å². The van der Waals surface area contributed by atoms with Gasteiger partial charge in [0, 0.05) is 5.38 Å². The summed E-state index contributed by atoms with van der Waals surface area (Å²) in [6.45, 7) is 2.43. The molecule has 0 aliphatic carbocycles. The van der Waals surface area contributed by atoms with Crippen molar-refractivity contribution in [3.05, 3.63) is 34.3 Å². The third kappa shape index (κ3) is 3.27. The van der Waals surface area contributed by atoms with Gasteiger partial charge in [0.25, 0.3) is 0 Å². The van der Waals surface area contributed by atoms with Crippen LogP contribution in [0, 0.1) is 6.92 Å². The molecule has 0 aliphatic heterocycles. The first kappa shape index (κ1) is 14.8. The summed E-state index contributed by atoms with van der Waals surface area (Å²) in [5.74, 6) is 0. The smallest absolute Gasteiger partial charge is 0.240 e. The van der Waals surface area contributed by atoms with Crippen molar-refractivity contribution in [2.24, 2.45) is 0 Å². The van der Waals surface area contributed by atoms with Gasteiger partial charge >= 0.3 is 0 Å². The number of nitrogens with one attached hydrogen (secondary N) is 2. The highest BCUT2D eigenvalue weighted by molar-refractivity contribution is 7.89. The molecule has 0 bridgehead atoms. The van der Waals surface area contributed by atoms with Crippen molar-refractivity contribution < 1.29 is 8.42 Å². The Labute approximate surface area is 122 Å².